The van der Waals surface area contributed by atoms with E-state index in [0.29, 0.717) is 25.3 Å². The molecule has 1 saturated heterocycles. The number of nitrogens with zero attached hydrogens (tertiary/aromatic N) is 1. The molecule has 1 atom stereocenters. The maximum absolute atomic E-state index is 12.5. The van der Waals surface area contributed by atoms with E-state index in [1.807, 2.05) is 12.1 Å². The number of anilines is 1. The molecule has 5 heteroatoms. The van der Waals surface area contributed by atoms with Gasteiger partial charge in [0.2, 0.25) is 5.91 Å². The van der Waals surface area contributed by atoms with Gasteiger partial charge < -0.3 is 15.4 Å². The van der Waals surface area contributed by atoms with E-state index in [2.05, 4.69) is 0 Å². The van der Waals surface area contributed by atoms with Crippen molar-refractivity contribution in [2.45, 2.75) is 38.6 Å². The number of hydrogen-bond donors (Lipinski definition) is 1. The minimum Gasteiger partial charge on any atom is -0.464 e. The molecular weight excluding hydrogens is 268 g/mol. The lowest BCUT2D eigenvalue weighted by molar-refractivity contribution is -0.156. The Hall–Kier alpha value is -2.04. The lowest BCUT2D eigenvalue weighted by atomic mass is 10.0. The fraction of sp³-hybridized carbons (Fsp3) is 0.500. The molecule has 0 bridgehead atoms. The molecule has 1 aliphatic heterocycles. The van der Waals surface area contributed by atoms with E-state index >= 15 is 0 Å². The van der Waals surface area contributed by atoms with Gasteiger partial charge in [0.05, 0.1) is 13.0 Å². The van der Waals surface area contributed by atoms with E-state index in [4.69, 9.17) is 10.5 Å². The zero-order chi connectivity index (χ0) is 15.2. The first-order valence-electron chi connectivity index (χ1n) is 7.42. The summed E-state index contributed by atoms with van der Waals surface area (Å²) in [6.07, 6.45) is 2.83. The highest BCUT2D eigenvalue weighted by Gasteiger charge is 2.32. The van der Waals surface area contributed by atoms with Gasteiger partial charge >= 0.3 is 5.97 Å². The number of amides is 1. The zero-order valence-corrected chi connectivity index (χ0v) is 12.4. The molecule has 1 fully saturated rings. The van der Waals surface area contributed by atoms with Gasteiger partial charge in [0.25, 0.3) is 0 Å². The maximum Gasteiger partial charge on any atom is 0.328 e. The second-order valence-corrected chi connectivity index (χ2v) is 5.27. The monoisotopic (exact) mass is 290 g/mol. The minimum atomic E-state index is -0.438. The first kappa shape index (κ1) is 15.4. The standard InChI is InChI=1S/C16H22N2O3/c1-2-21-16(20)14-8-3-4-9-18(14)15(19)11-12-6-5-7-13(17)10-12/h5-7,10,14H,2-4,8-9,11,17H2,1H3. The average molecular weight is 290 g/mol. The van der Waals surface area contributed by atoms with Crippen molar-refractivity contribution in [2.24, 2.45) is 0 Å². The van der Waals surface area contributed by atoms with Crippen LogP contribution in [0.1, 0.15) is 31.7 Å². The van der Waals surface area contributed by atoms with E-state index in [1.165, 1.54) is 0 Å². The summed E-state index contributed by atoms with van der Waals surface area (Å²) in [4.78, 5) is 26.1. The van der Waals surface area contributed by atoms with Crippen LogP contribution in [0.15, 0.2) is 24.3 Å². The van der Waals surface area contributed by atoms with Crippen molar-refractivity contribution in [2.75, 3.05) is 18.9 Å². The van der Waals surface area contributed by atoms with Gasteiger partial charge in [-0.1, -0.05) is 12.1 Å². The average Bonchev–Trinajstić information content (AvgIpc) is 2.47. The SMILES string of the molecule is CCOC(=O)C1CCCCN1C(=O)Cc1cccc(N)c1. The third kappa shape index (κ3) is 3.97. The van der Waals surface area contributed by atoms with Gasteiger partial charge in [-0.3, -0.25) is 4.79 Å². The predicted octanol–water partition coefficient (Wildman–Crippen LogP) is 1.76. The molecule has 5 nitrogen and oxygen atoms in total. The van der Waals surface area contributed by atoms with Crippen molar-refractivity contribution in [3.8, 4) is 0 Å². The topological polar surface area (TPSA) is 72.6 Å². The van der Waals surface area contributed by atoms with Crippen molar-refractivity contribution in [1.29, 1.82) is 0 Å². The summed E-state index contributed by atoms with van der Waals surface area (Å²) in [5.41, 5.74) is 7.24. The van der Waals surface area contributed by atoms with Gasteiger partial charge in [0.1, 0.15) is 6.04 Å². The Morgan fingerprint density at radius 3 is 2.90 bits per heavy atom. The Bertz CT molecular complexity index is 516. The Labute approximate surface area is 125 Å². The second-order valence-electron chi connectivity index (χ2n) is 5.27. The molecule has 0 spiro atoms. The van der Waals surface area contributed by atoms with Crippen LogP contribution in [0.4, 0.5) is 5.69 Å². The summed E-state index contributed by atoms with van der Waals surface area (Å²) in [5.74, 6) is -0.337. The summed E-state index contributed by atoms with van der Waals surface area (Å²) in [6, 6.07) is 6.85. The smallest absolute Gasteiger partial charge is 0.328 e. The number of nitrogens with two attached hydrogens (primary N) is 1. The van der Waals surface area contributed by atoms with Crippen LogP contribution in [-0.4, -0.2) is 36.0 Å². The molecule has 0 radical (unpaired) electrons. The summed E-state index contributed by atoms with van der Waals surface area (Å²) >= 11 is 0. The summed E-state index contributed by atoms with van der Waals surface area (Å²) in [5, 5.41) is 0. The molecule has 1 unspecified atom stereocenters. The third-order valence-corrected chi connectivity index (χ3v) is 3.69. The van der Waals surface area contributed by atoms with E-state index in [0.717, 1.165) is 18.4 Å². The number of likely N-dealkylation sites (tertiary alicyclic amines) is 1. The van der Waals surface area contributed by atoms with Crippen molar-refractivity contribution in [3.05, 3.63) is 29.8 Å². The fourth-order valence-electron chi connectivity index (χ4n) is 2.69. The molecular formula is C16H22N2O3. The Kier molecular flexibility index (Phi) is 5.20. The van der Waals surface area contributed by atoms with Gasteiger partial charge in [-0.15, -0.1) is 0 Å². The molecule has 1 aromatic rings. The molecule has 1 aliphatic rings. The number of carbonyl (C=O) groups is 2. The molecule has 2 rings (SSSR count). The maximum atomic E-state index is 12.5. The quantitative estimate of drug-likeness (QED) is 0.677. The van der Waals surface area contributed by atoms with Crippen LogP contribution in [0, 0.1) is 0 Å². The number of benzene rings is 1. The molecule has 1 heterocycles. The van der Waals surface area contributed by atoms with Crippen molar-refractivity contribution < 1.29 is 14.3 Å². The van der Waals surface area contributed by atoms with Crippen LogP contribution in [0.2, 0.25) is 0 Å². The van der Waals surface area contributed by atoms with Crippen molar-refractivity contribution in [3.63, 3.8) is 0 Å². The highest BCUT2D eigenvalue weighted by atomic mass is 16.5. The van der Waals surface area contributed by atoms with Crippen LogP contribution in [0.3, 0.4) is 0 Å². The van der Waals surface area contributed by atoms with Gasteiger partial charge in [-0.25, -0.2) is 4.79 Å². The highest BCUT2D eigenvalue weighted by molar-refractivity contribution is 5.86. The first-order valence-corrected chi connectivity index (χ1v) is 7.42. The van der Waals surface area contributed by atoms with E-state index < -0.39 is 6.04 Å². The van der Waals surface area contributed by atoms with Crippen molar-refractivity contribution >= 4 is 17.6 Å². The number of piperidine rings is 1. The summed E-state index contributed by atoms with van der Waals surface area (Å²) < 4.78 is 5.08. The van der Waals surface area contributed by atoms with Crippen LogP contribution in [0.5, 0.6) is 0 Å². The number of ether oxygens (including phenoxy) is 1. The van der Waals surface area contributed by atoms with Gasteiger partial charge in [-0.2, -0.15) is 0 Å². The number of esters is 1. The predicted molar refractivity (Wildman–Crippen MR) is 80.5 cm³/mol. The van der Waals surface area contributed by atoms with E-state index in [1.54, 1.807) is 24.0 Å². The molecule has 0 saturated carbocycles. The molecule has 1 amide bonds. The Morgan fingerprint density at radius 1 is 1.38 bits per heavy atom. The fourth-order valence-corrected chi connectivity index (χ4v) is 2.69. The normalized spacial score (nSPS) is 18.3. The Balaban J connectivity index is 2.06. The Morgan fingerprint density at radius 2 is 2.19 bits per heavy atom. The summed E-state index contributed by atoms with van der Waals surface area (Å²) in [6.45, 7) is 2.73. The third-order valence-electron chi connectivity index (χ3n) is 3.69. The lowest BCUT2D eigenvalue weighted by Gasteiger charge is -2.34. The lowest BCUT2D eigenvalue weighted by Crippen LogP contribution is -2.49. The molecule has 1 aromatic carbocycles. The van der Waals surface area contributed by atoms with Gasteiger partial charge in [0, 0.05) is 12.2 Å². The van der Waals surface area contributed by atoms with Crippen molar-refractivity contribution in [1.82, 2.24) is 4.90 Å². The van der Waals surface area contributed by atoms with Gasteiger partial charge in [0.15, 0.2) is 0 Å². The van der Waals surface area contributed by atoms with E-state index in [-0.39, 0.29) is 18.3 Å². The molecule has 2 N–H and O–H groups in total. The van der Waals surface area contributed by atoms with Gasteiger partial charge in [-0.05, 0) is 43.9 Å². The van der Waals surface area contributed by atoms with Crippen LogP contribution < -0.4 is 5.73 Å². The largest absolute Gasteiger partial charge is 0.464 e. The number of carbonyl (C=O) groups excluding carboxylic acids is 2. The highest BCUT2D eigenvalue weighted by Crippen LogP contribution is 2.20. The minimum absolute atomic E-state index is 0.0432. The van der Waals surface area contributed by atoms with E-state index in [9.17, 15) is 9.59 Å². The van der Waals surface area contributed by atoms with Crippen LogP contribution >= 0.6 is 0 Å². The molecule has 21 heavy (non-hydrogen) atoms. The number of hydrogen-bond acceptors (Lipinski definition) is 4. The summed E-state index contributed by atoms with van der Waals surface area (Å²) in [7, 11) is 0. The second kappa shape index (κ2) is 7.11. The van der Waals surface area contributed by atoms with Crippen LogP contribution in [-0.2, 0) is 20.7 Å². The number of rotatable bonds is 4. The number of nitrogen functional groups attached to an aromatic ring is 1. The van der Waals surface area contributed by atoms with Crippen LogP contribution in [0.25, 0.3) is 0 Å². The molecule has 114 valence electrons. The zero-order valence-electron chi connectivity index (χ0n) is 12.4. The molecule has 0 aliphatic carbocycles. The molecule has 0 aromatic heterocycles. The first-order chi connectivity index (χ1) is 10.1.